The summed E-state index contributed by atoms with van der Waals surface area (Å²) in [7, 11) is 0. The van der Waals surface area contributed by atoms with E-state index >= 15 is 0 Å². The van der Waals surface area contributed by atoms with Crippen LogP contribution in [0.1, 0.15) is 25.8 Å². The van der Waals surface area contributed by atoms with E-state index in [0.717, 1.165) is 0 Å². The molecule has 0 saturated carbocycles. The van der Waals surface area contributed by atoms with Gasteiger partial charge in [-0.15, -0.1) is 0 Å². The van der Waals surface area contributed by atoms with E-state index in [1.165, 1.54) is 38.1 Å². The summed E-state index contributed by atoms with van der Waals surface area (Å²) in [6.45, 7) is 2.50. The summed E-state index contributed by atoms with van der Waals surface area (Å²) < 4.78 is 0. The molecule has 0 radical (unpaired) electrons. The molecule has 182 valence electrons. The van der Waals surface area contributed by atoms with Gasteiger partial charge in [0.25, 0.3) is 0 Å². The first kappa shape index (κ1) is 27.3. The van der Waals surface area contributed by atoms with Crippen LogP contribution in [0, 0.1) is 0 Å². The molecule has 4 amide bonds. The number of hydrogen-bond donors (Lipinski definition) is 8. The third kappa shape index (κ3) is 9.13. The van der Waals surface area contributed by atoms with Crippen molar-refractivity contribution in [2.75, 3.05) is 0 Å². The number of phenolic OH excluding ortho intramolecular Hbond substituents is 1. The Morgan fingerprint density at radius 2 is 1.52 bits per heavy atom. The standard InChI is InChI=1S/C20H29N5O8/c1-9(23-18(30)13(21)8-15(22)28)17(29)24-14(7-11-3-5-12(27)6-4-11)19(31)25-16(10(2)26)20(32)33/h3-6,9-10,13-14,16,26-27H,7-8,21H2,1-2H3,(H2,22,28)(H,23,30)(H,24,29)(H,25,31)(H,32,33). The Morgan fingerprint density at radius 3 is 2.00 bits per heavy atom. The lowest BCUT2D eigenvalue weighted by Gasteiger charge is -2.24. The van der Waals surface area contributed by atoms with E-state index in [-0.39, 0.29) is 12.2 Å². The van der Waals surface area contributed by atoms with E-state index in [9.17, 15) is 39.3 Å². The van der Waals surface area contributed by atoms with Crippen LogP contribution in [0.3, 0.4) is 0 Å². The van der Waals surface area contributed by atoms with Crippen molar-refractivity contribution < 1.29 is 39.3 Å². The molecule has 0 heterocycles. The smallest absolute Gasteiger partial charge is 0.328 e. The van der Waals surface area contributed by atoms with Crippen molar-refractivity contribution in [1.29, 1.82) is 0 Å². The first-order valence-corrected chi connectivity index (χ1v) is 9.95. The Morgan fingerprint density at radius 1 is 0.939 bits per heavy atom. The van der Waals surface area contributed by atoms with Crippen molar-refractivity contribution in [2.45, 2.75) is 57.0 Å². The summed E-state index contributed by atoms with van der Waals surface area (Å²) in [5.74, 6) is -4.79. The van der Waals surface area contributed by atoms with Gasteiger partial charge in [-0.3, -0.25) is 19.2 Å². The van der Waals surface area contributed by atoms with Crippen molar-refractivity contribution in [3.05, 3.63) is 29.8 Å². The number of carboxylic acids is 1. The van der Waals surface area contributed by atoms with Gasteiger partial charge in [0.05, 0.1) is 18.6 Å². The monoisotopic (exact) mass is 467 g/mol. The largest absolute Gasteiger partial charge is 0.508 e. The number of nitrogens with two attached hydrogens (primary N) is 2. The number of benzene rings is 1. The van der Waals surface area contributed by atoms with E-state index in [0.29, 0.717) is 5.56 Å². The van der Waals surface area contributed by atoms with Crippen LogP contribution >= 0.6 is 0 Å². The molecule has 13 nitrogen and oxygen atoms in total. The minimum absolute atomic E-state index is 0.0209. The number of carboxylic acid groups (broad SMARTS) is 1. The lowest BCUT2D eigenvalue weighted by Crippen LogP contribution is -2.58. The second kappa shape index (κ2) is 12.4. The second-order valence-corrected chi connectivity index (χ2v) is 7.50. The molecule has 1 aromatic rings. The Hall–Kier alpha value is -3.71. The highest BCUT2D eigenvalue weighted by Crippen LogP contribution is 2.12. The van der Waals surface area contributed by atoms with E-state index in [1.54, 1.807) is 0 Å². The number of aromatic hydroxyl groups is 1. The molecule has 0 fully saturated rings. The van der Waals surface area contributed by atoms with Crippen molar-refractivity contribution in [3.8, 4) is 5.75 Å². The van der Waals surface area contributed by atoms with Gasteiger partial charge >= 0.3 is 5.97 Å². The molecule has 13 heteroatoms. The highest BCUT2D eigenvalue weighted by atomic mass is 16.4. The molecule has 0 aliphatic rings. The molecule has 0 bridgehead atoms. The minimum Gasteiger partial charge on any atom is -0.508 e. The van der Waals surface area contributed by atoms with Crippen molar-refractivity contribution in [3.63, 3.8) is 0 Å². The first-order valence-electron chi connectivity index (χ1n) is 9.95. The Balaban J connectivity index is 2.97. The fourth-order valence-electron chi connectivity index (χ4n) is 2.71. The molecule has 0 aliphatic heterocycles. The Kier molecular flexibility index (Phi) is 10.2. The maximum absolute atomic E-state index is 12.7. The van der Waals surface area contributed by atoms with Crippen molar-refractivity contribution in [2.24, 2.45) is 11.5 Å². The molecule has 0 saturated heterocycles. The predicted octanol–water partition coefficient (Wildman–Crippen LogP) is -2.92. The summed E-state index contributed by atoms with van der Waals surface area (Å²) in [5.41, 5.74) is 11.0. The quantitative estimate of drug-likeness (QED) is 0.157. The molecule has 33 heavy (non-hydrogen) atoms. The summed E-state index contributed by atoms with van der Waals surface area (Å²) >= 11 is 0. The van der Waals surface area contributed by atoms with Crippen LogP contribution in [-0.2, 0) is 30.4 Å². The van der Waals surface area contributed by atoms with Crippen LogP contribution in [0.15, 0.2) is 24.3 Å². The first-order chi connectivity index (χ1) is 15.3. The average Bonchev–Trinajstić information content (AvgIpc) is 2.71. The molecule has 0 spiro atoms. The zero-order valence-corrected chi connectivity index (χ0v) is 18.1. The highest BCUT2D eigenvalue weighted by molar-refractivity contribution is 5.95. The maximum atomic E-state index is 12.7. The number of phenols is 1. The minimum atomic E-state index is -1.62. The third-order valence-corrected chi connectivity index (χ3v) is 4.57. The van der Waals surface area contributed by atoms with Crippen LogP contribution in [0.5, 0.6) is 5.75 Å². The summed E-state index contributed by atoms with van der Waals surface area (Å²) in [4.78, 5) is 59.5. The third-order valence-electron chi connectivity index (χ3n) is 4.57. The molecular formula is C20H29N5O8. The normalized spacial score (nSPS) is 15.3. The Bertz CT molecular complexity index is 874. The lowest BCUT2D eigenvalue weighted by molar-refractivity contribution is -0.145. The van der Waals surface area contributed by atoms with Gasteiger partial charge < -0.3 is 42.7 Å². The van der Waals surface area contributed by atoms with Gasteiger partial charge in [-0.1, -0.05) is 12.1 Å². The van der Waals surface area contributed by atoms with Crippen LogP contribution in [0.2, 0.25) is 0 Å². The van der Waals surface area contributed by atoms with Crippen LogP contribution in [-0.4, -0.2) is 75.2 Å². The van der Waals surface area contributed by atoms with Gasteiger partial charge in [0.1, 0.15) is 17.8 Å². The predicted molar refractivity (Wildman–Crippen MR) is 114 cm³/mol. The molecule has 1 rings (SSSR count). The molecule has 0 aromatic heterocycles. The van der Waals surface area contributed by atoms with E-state index in [4.69, 9.17) is 11.5 Å². The second-order valence-electron chi connectivity index (χ2n) is 7.50. The number of amides is 4. The number of aliphatic carboxylic acids is 1. The summed E-state index contributed by atoms with van der Waals surface area (Å²) in [6, 6.07) is 0.380. The zero-order valence-electron chi connectivity index (χ0n) is 18.1. The molecule has 0 aliphatic carbocycles. The fourth-order valence-corrected chi connectivity index (χ4v) is 2.71. The zero-order chi connectivity index (χ0) is 25.3. The molecular weight excluding hydrogens is 438 g/mol. The number of aliphatic hydroxyl groups is 1. The van der Waals surface area contributed by atoms with E-state index in [2.05, 4.69) is 16.0 Å². The molecule has 5 atom stereocenters. The van der Waals surface area contributed by atoms with Gasteiger partial charge in [0.15, 0.2) is 6.04 Å². The number of carbonyl (C=O) groups is 5. The van der Waals surface area contributed by atoms with E-state index < -0.39 is 66.3 Å². The topological polar surface area (TPSA) is 234 Å². The molecule has 10 N–H and O–H groups in total. The number of nitrogens with one attached hydrogen (secondary N) is 3. The van der Waals surface area contributed by atoms with Crippen LogP contribution in [0.4, 0.5) is 0 Å². The average molecular weight is 467 g/mol. The summed E-state index contributed by atoms with van der Waals surface area (Å²) in [5, 5.41) is 35.1. The van der Waals surface area contributed by atoms with Gasteiger partial charge in [0, 0.05) is 6.42 Å². The fraction of sp³-hybridized carbons (Fsp3) is 0.450. The van der Waals surface area contributed by atoms with Gasteiger partial charge in [-0.25, -0.2) is 4.79 Å². The van der Waals surface area contributed by atoms with Crippen LogP contribution < -0.4 is 27.4 Å². The molecule has 1 aromatic carbocycles. The SMILES string of the molecule is CC(NC(=O)C(N)CC(N)=O)C(=O)NC(Cc1ccc(O)cc1)C(=O)NC(C(=O)O)C(C)O. The lowest BCUT2D eigenvalue weighted by atomic mass is 10.0. The number of primary amides is 1. The maximum Gasteiger partial charge on any atom is 0.328 e. The van der Waals surface area contributed by atoms with E-state index in [1.807, 2.05) is 0 Å². The molecule has 5 unspecified atom stereocenters. The number of aliphatic hydroxyl groups excluding tert-OH is 1. The Labute approximate surface area is 189 Å². The van der Waals surface area contributed by atoms with Crippen molar-refractivity contribution in [1.82, 2.24) is 16.0 Å². The van der Waals surface area contributed by atoms with Crippen LogP contribution in [0.25, 0.3) is 0 Å². The number of rotatable bonds is 12. The number of hydrogen-bond acceptors (Lipinski definition) is 8. The van der Waals surface area contributed by atoms with Crippen molar-refractivity contribution >= 4 is 29.6 Å². The number of carbonyl (C=O) groups excluding carboxylic acids is 4. The van der Waals surface area contributed by atoms with Gasteiger partial charge in [-0.05, 0) is 31.5 Å². The van der Waals surface area contributed by atoms with Gasteiger partial charge in [0.2, 0.25) is 23.6 Å². The summed E-state index contributed by atoms with van der Waals surface area (Å²) in [6.07, 6.45) is -1.94. The van der Waals surface area contributed by atoms with Gasteiger partial charge in [-0.2, -0.15) is 0 Å². The highest BCUT2D eigenvalue weighted by Gasteiger charge is 2.31.